The molecule has 0 N–H and O–H groups in total. The molecular weight excluding hydrogens is 313 g/mol. The number of hydrogen-bond acceptors (Lipinski definition) is 4. The zero-order valence-electron chi connectivity index (χ0n) is 11.0. The van der Waals surface area contributed by atoms with Gasteiger partial charge in [-0.25, -0.2) is 9.78 Å². The summed E-state index contributed by atoms with van der Waals surface area (Å²) in [5, 5.41) is 0.233. The number of benzene rings is 1. The van der Waals surface area contributed by atoms with Crippen LogP contribution >= 0.6 is 23.2 Å². The van der Waals surface area contributed by atoms with Crippen molar-refractivity contribution in [1.82, 2.24) is 4.98 Å². The lowest BCUT2D eigenvalue weighted by molar-refractivity contribution is 0.0313. The van der Waals surface area contributed by atoms with Crippen molar-refractivity contribution in [2.24, 2.45) is 0 Å². The molecule has 108 valence electrons. The first kappa shape index (κ1) is 15.5. The van der Waals surface area contributed by atoms with Gasteiger partial charge in [-0.05, 0) is 19.1 Å². The van der Waals surface area contributed by atoms with Crippen molar-refractivity contribution in [3.63, 3.8) is 0 Å². The number of pyridine rings is 1. The van der Waals surface area contributed by atoms with E-state index < -0.39 is 12.1 Å². The fourth-order valence-electron chi connectivity index (χ4n) is 1.67. The van der Waals surface area contributed by atoms with Crippen molar-refractivity contribution in [3.05, 3.63) is 63.9 Å². The van der Waals surface area contributed by atoms with Gasteiger partial charge in [0.1, 0.15) is 5.15 Å². The molecule has 0 aliphatic heterocycles. The summed E-state index contributed by atoms with van der Waals surface area (Å²) in [5.74, 6) is -1.10. The molecule has 0 fully saturated rings. The van der Waals surface area contributed by atoms with Gasteiger partial charge in [0, 0.05) is 5.56 Å². The van der Waals surface area contributed by atoms with E-state index >= 15 is 0 Å². The van der Waals surface area contributed by atoms with Gasteiger partial charge in [-0.15, -0.1) is 0 Å². The first-order valence-electron chi connectivity index (χ1n) is 6.11. The molecule has 4 nitrogen and oxygen atoms in total. The zero-order valence-corrected chi connectivity index (χ0v) is 12.6. The Labute approximate surface area is 131 Å². The highest BCUT2D eigenvalue weighted by Gasteiger charge is 2.22. The van der Waals surface area contributed by atoms with Gasteiger partial charge in [0.25, 0.3) is 0 Å². The molecule has 0 unspecified atom stereocenters. The number of aromatic nitrogens is 1. The number of esters is 1. The third-order valence-corrected chi connectivity index (χ3v) is 3.23. The molecular formula is C15H11Cl2NO3. The van der Waals surface area contributed by atoms with E-state index in [1.807, 2.05) is 0 Å². The molecule has 1 aromatic carbocycles. The number of halogens is 2. The normalized spacial score (nSPS) is 11.8. The minimum Gasteiger partial charge on any atom is -0.449 e. The van der Waals surface area contributed by atoms with E-state index in [0.29, 0.717) is 5.56 Å². The topological polar surface area (TPSA) is 56.3 Å². The van der Waals surface area contributed by atoms with Gasteiger partial charge in [-0.3, -0.25) is 4.79 Å². The molecule has 1 aromatic heterocycles. The van der Waals surface area contributed by atoms with Crippen LogP contribution in [-0.4, -0.2) is 22.8 Å². The van der Waals surface area contributed by atoms with Crippen LogP contribution in [0, 0.1) is 0 Å². The van der Waals surface area contributed by atoms with Crippen LogP contribution in [0.5, 0.6) is 0 Å². The van der Waals surface area contributed by atoms with Crippen LogP contribution in [0.4, 0.5) is 0 Å². The molecule has 0 saturated carbocycles. The van der Waals surface area contributed by atoms with Crippen LogP contribution in [0.15, 0.2) is 42.5 Å². The smallest absolute Gasteiger partial charge is 0.359 e. The van der Waals surface area contributed by atoms with Crippen molar-refractivity contribution in [3.8, 4) is 0 Å². The Bertz CT molecular complexity index is 674. The van der Waals surface area contributed by atoms with E-state index in [9.17, 15) is 9.59 Å². The summed E-state index contributed by atoms with van der Waals surface area (Å²) in [5.41, 5.74) is 0.347. The molecule has 0 aliphatic carbocycles. The minimum atomic E-state index is -0.947. The highest BCUT2D eigenvalue weighted by molar-refractivity contribution is 6.34. The Morgan fingerprint density at radius 1 is 1.10 bits per heavy atom. The molecule has 2 aromatic rings. The van der Waals surface area contributed by atoms with E-state index in [1.54, 1.807) is 30.3 Å². The third kappa shape index (κ3) is 3.80. The lowest BCUT2D eigenvalue weighted by Crippen LogP contribution is -2.25. The second kappa shape index (κ2) is 6.70. The number of Topliss-reactive ketones (excluding diaryl/α,β-unsaturated/α-hetero) is 1. The quantitative estimate of drug-likeness (QED) is 0.487. The Kier molecular flexibility index (Phi) is 4.94. The van der Waals surface area contributed by atoms with E-state index in [-0.39, 0.29) is 21.7 Å². The van der Waals surface area contributed by atoms with Crippen molar-refractivity contribution in [2.45, 2.75) is 13.0 Å². The summed E-state index contributed by atoms with van der Waals surface area (Å²) in [4.78, 5) is 27.9. The molecule has 0 bridgehead atoms. The summed E-state index contributed by atoms with van der Waals surface area (Å²) in [6.07, 6.45) is -0.947. The predicted molar refractivity (Wildman–Crippen MR) is 79.9 cm³/mol. The molecule has 0 radical (unpaired) electrons. The third-order valence-electron chi connectivity index (χ3n) is 2.72. The molecule has 1 heterocycles. The maximum atomic E-state index is 12.1. The van der Waals surface area contributed by atoms with Crippen LogP contribution in [0.1, 0.15) is 27.8 Å². The number of carbonyl (C=O) groups excluding carboxylic acids is 2. The molecule has 6 heteroatoms. The average molecular weight is 324 g/mol. The minimum absolute atomic E-state index is 0.114. The second-order valence-electron chi connectivity index (χ2n) is 4.24. The fraction of sp³-hybridized carbons (Fsp3) is 0.133. The van der Waals surface area contributed by atoms with Crippen molar-refractivity contribution >= 4 is 35.0 Å². The Hall–Kier alpha value is -1.91. The van der Waals surface area contributed by atoms with Gasteiger partial charge >= 0.3 is 5.97 Å². The molecule has 1 atom stereocenters. The van der Waals surface area contributed by atoms with Crippen LogP contribution in [-0.2, 0) is 4.74 Å². The molecule has 2 rings (SSSR count). The largest absolute Gasteiger partial charge is 0.449 e. The zero-order chi connectivity index (χ0) is 15.4. The molecule has 0 aliphatic rings. The van der Waals surface area contributed by atoms with E-state index in [4.69, 9.17) is 27.9 Å². The fourth-order valence-corrected chi connectivity index (χ4v) is 2.00. The van der Waals surface area contributed by atoms with Gasteiger partial charge in [0.15, 0.2) is 11.8 Å². The van der Waals surface area contributed by atoms with Gasteiger partial charge < -0.3 is 4.74 Å². The highest BCUT2D eigenvalue weighted by atomic mass is 35.5. The SMILES string of the molecule is C[C@H](OC(=O)c1nc(Cl)ccc1Cl)C(=O)c1ccccc1. The Morgan fingerprint density at radius 2 is 1.76 bits per heavy atom. The summed E-state index contributed by atoms with van der Waals surface area (Å²) in [6.45, 7) is 1.49. The summed E-state index contributed by atoms with van der Waals surface area (Å²) in [6, 6.07) is 11.5. The molecule has 0 saturated heterocycles. The number of rotatable bonds is 4. The van der Waals surface area contributed by atoms with Crippen LogP contribution in [0.3, 0.4) is 0 Å². The lowest BCUT2D eigenvalue weighted by Gasteiger charge is -2.12. The standard InChI is InChI=1S/C15H11Cl2NO3/c1-9(14(19)10-5-3-2-4-6-10)21-15(20)13-11(16)7-8-12(17)18-13/h2-9H,1H3/t9-/m0/s1. The van der Waals surface area contributed by atoms with Crippen LogP contribution in [0.25, 0.3) is 0 Å². The number of ether oxygens (including phenoxy) is 1. The maximum absolute atomic E-state index is 12.1. The second-order valence-corrected chi connectivity index (χ2v) is 5.04. The number of carbonyl (C=O) groups is 2. The van der Waals surface area contributed by atoms with Crippen LogP contribution < -0.4 is 0 Å². The number of hydrogen-bond donors (Lipinski definition) is 0. The summed E-state index contributed by atoms with van der Waals surface area (Å²) < 4.78 is 5.09. The molecule has 0 spiro atoms. The predicted octanol–water partition coefficient (Wildman–Crippen LogP) is 3.82. The van der Waals surface area contributed by atoms with E-state index in [0.717, 1.165) is 0 Å². The number of ketones is 1. The van der Waals surface area contributed by atoms with Gasteiger partial charge in [-0.1, -0.05) is 53.5 Å². The van der Waals surface area contributed by atoms with Crippen molar-refractivity contribution in [1.29, 1.82) is 0 Å². The van der Waals surface area contributed by atoms with Crippen molar-refractivity contribution in [2.75, 3.05) is 0 Å². The first-order chi connectivity index (χ1) is 9.99. The first-order valence-corrected chi connectivity index (χ1v) is 6.87. The Morgan fingerprint density at radius 3 is 2.43 bits per heavy atom. The highest BCUT2D eigenvalue weighted by Crippen LogP contribution is 2.18. The monoisotopic (exact) mass is 323 g/mol. The lowest BCUT2D eigenvalue weighted by atomic mass is 10.1. The summed E-state index contributed by atoms with van der Waals surface area (Å²) in [7, 11) is 0. The maximum Gasteiger partial charge on any atom is 0.359 e. The van der Waals surface area contributed by atoms with Gasteiger partial charge in [0.05, 0.1) is 5.02 Å². The molecule has 21 heavy (non-hydrogen) atoms. The van der Waals surface area contributed by atoms with Crippen LogP contribution in [0.2, 0.25) is 10.2 Å². The van der Waals surface area contributed by atoms with E-state index in [2.05, 4.69) is 4.98 Å². The average Bonchev–Trinajstić information content (AvgIpc) is 2.49. The summed E-state index contributed by atoms with van der Waals surface area (Å²) >= 11 is 11.6. The van der Waals surface area contributed by atoms with E-state index in [1.165, 1.54) is 19.1 Å². The van der Waals surface area contributed by atoms with Crippen molar-refractivity contribution < 1.29 is 14.3 Å². The van der Waals surface area contributed by atoms with Gasteiger partial charge in [0.2, 0.25) is 5.78 Å². The molecule has 0 amide bonds. The number of nitrogens with zero attached hydrogens (tertiary/aromatic N) is 1. The Balaban J connectivity index is 2.12. The van der Waals surface area contributed by atoms with Gasteiger partial charge in [-0.2, -0.15) is 0 Å².